The lowest BCUT2D eigenvalue weighted by atomic mass is 10.1. The van der Waals surface area contributed by atoms with Crippen molar-refractivity contribution in [1.29, 1.82) is 0 Å². The number of aryl methyl sites for hydroxylation is 1. The number of methoxy groups -OCH3 is 1. The van der Waals surface area contributed by atoms with E-state index in [0.29, 0.717) is 6.54 Å². The van der Waals surface area contributed by atoms with Crippen molar-refractivity contribution in [3.8, 4) is 5.75 Å². The first-order valence-electron chi connectivity index (χ1n) is 8.35. The van der Waals surface area contributed by atoms with Crippen LogP contribution in [0.4, 0.5) is 4.79 Å². The lowest BCUT2D eigenvalue weighted by Gasteiger charge is -2.20. The van der Waals surface area contributed by atoms with Crippen LogP contribution >= 0.6 is 11.3 Å². The van der Waals surface area contributed by atoms with E-state index in [0.717, 1.165) is 23.6 Å². The molecule has 0 aliphatic rings. The largest absolute Gasteiger partial charge is 0.497 e. The third-order valence-electron chi connectivity index (χ3n) is 4.08. The molecule has 2 N–H and O–H groups in total. The number of ether oxygens (including phenoxy) is 1. The molecule has 7 heteroatoms. The third-order valence-corrected chi connectivity index (χ3v) is 5.01. The van der Waals surface area contributed by atoms with Crippen LogP contribution in [0.3, 0.4) is 0 Å². The van der Waals surface area contributed by atoms with Crippen LogP contribution in [0.25, 0.3) is 0 Å². The molecule has 0 saturated heterocycles. The smallest absolute Gasteiger partial charge is 0.315 e. The van der Waals surface area contributed by atoms with Gasteiger partial charge < -0.3 is 19.9 Å². The Hall–Kier alpha value is -2.80. The van der Waals surface area contributed by atoms with Crippen molar-refractivity contribution in [3.63, 3.8) is 0 Å². The number of urea groups is 1. The Morgan fingerprint density at radius 2 is 2.12 bits per heavy atom. The molecule has 1 atom stereocenters. The highest BCUT2D eigenvalue weighted by atomic mass is 32.1. The topological polar surface area (TPSA) is 68.2 Å². The van der Waals surface area contributed by atoms with Crippen molar-refractivity contribution in [2.75, 3.05) is 13.7 Å². The van der Waals surface area contributed by atoms with Crippen LogP contribution in [-0.4, -0.2) is 29.2 Å². The van der Waals surface area contributed by atoms with E-state index in [-0.39, 0.29) is 12.1 Å². The molecule has 1 unspecified atom stereocenters. The number of aromatic nitrogens is 2. The summed E-state index contributed by atoms with van der Waals surface area (Å²) in [6.45, 7) is 0.586. The number of carbonyl (C=O) groups is 1. The predicted octanol–water partition coefficient (Wildman–Crippen LogP) is 3.12. The number of hydrogen-bond donors (Lipinski definition) is 2. The number of nitrogens with zero attached hydrogens (tertiary/aromatic N) is 2. The van der Waals surface area contributed by atoms with Crippen molar-refractivity contribution in [1.82, 2.24) is 20.2 Å². The highest BCUT2D eigenvalue weighted by Crippen LogP contribution is 2.22. The number of rotatable bonds is 7. The summed E-state index contributed by atoms with van der Waals surface area (Å²) >= 11 is 1.69. The van der Waals surface area contributed by atoms with Gasteiger partial charge in [-0.05, 0) is 35.6 Å². The molecule has 2 heterocycles. The summed E-state index contributed by atoms with van der Waals surface area (Å²) in [6.07, 6.45) is 4.41. The zero-order valence-corrected chi connectivity index (χ0v) is 15.6. The molecule has 6 nitrogen and oxygen atoms in total. The Kier molecular flexibility index (Phi) is 5.91. The second-order valence-corrected chi connectivity index (χ2v) is 6.86. The van der Waals surface area contributed by atoms with E-state index in [1.165, 1.54) is 4.88 Å². The van der Waals surface area contributed by atoms with E-state index < -0.39 is 0 Å². The molecular weight excluding hydrogens is 348 g/mol. The predicted molar refractivity (Wildman–Crippen MR) is 103 cm³/mol. The lowest BCUT2D eigenvalue weighted by Crippen LogP contribution is -2.40. The average molecular weight is 370 g/mol. The number of thiophene rings is 1. The van der Waals surface area contributed by atoms with E-state index in [9.17, 15) is 4.79 Å². The van der Waals surface area contributed by atoms with E-state index >= 15 is 0 Å². The molecule has 3 aromatic rings. The van der Waals surface area contributed by atoms with E-state index in [2.05, 4.69) is 21.7 Å². The first-order valence-corrected chi connectivity index (χ1v) is 9.23. The molecule has 0 fully saturated rings. The van der Waals surface area contributed by atoms with Gasteiger partial charge in [0.25, 0.3) is 0 Å². The normalized spacial score (nSPS) is 11.8. The fourth-order valence-corrected chi connectivity index (χ4v) is 3.39. The SMILES string of the molecule is COc1ccc(C(NC(=O)NCCc2cccs2)c2nccn2C)cc1. The molecule has 1 aromatic carbocycles. The number of carbonyl (C=O) groups excluding carboxylic acids is 1. The Balaban J connectivity index is 1.69. The van der Waals surface area contributed by atoms with Gasteiger partial charge in [0.2, 0.25) is 0 Å². The summed E-state index contributed by atoms with van der Waals surface area (Å²) in [4.78, 5) is 18.1. The Labute approximate surface area is 156 Å². The molecule has 0 spiro atoms. The molecular formula is C19H22N4O2S. The van der Waals surface area contributed by atoms with E-state index in [1.54, 1.807) is 24.6 Å². The summed E-state index contributed by atoms with van der Waals surface area (Å²) in [5, 5.41) is 7.98. The summed E-state index contributed by atoms with van der Waals surface area (Å²) in [7, 11) is 3.54. The summed E-state index contributed by atoms with van der Waals surface area (Å²) in [5.74, 6) is 1.54. The molecule has 0 aliphatic carbocycles. The minimum absolute atomic E-state index is 0.217. The van der Waals surface area contributed by atoms with Crippen molar-refractivity contribution < 1.29 is 9.53 Å². The van der Waals surface area contributed by atoms with Gasteiger partial charge in [0.1, 0.15) is 17.6 Å². The molecule has 0 bridgehead atoms. The standard InChI is InChI=1S/C19H22N4O2S/c1-23-12-11-20-18(23)17(14-5-7-15(25-2)8-6-14)22-19(24)21-10-9-16-4-3-13-26-16/h3-8,11-13,17H,9-10H2,1-2H3,(H2,21,22,24). The fraction of sp³-hybridized carbons (Fsp3) is 0.263. The maximum Gasteiger partial charge on any atom is 0.315 e. The van der Waals surface area contributed by atoms with E-state index in [4.69, 9.17) is 4.74 Å². The maximum absolute atomic E-state index is 12.4. The van der Waals surface area contributed by atoms with Gasteiger partial charge in [-0.15, -0.1) is 11.3 Å². The molecule has 26 heavy (non-hydrogen) atoms. The van der Waals surface area contributed by atoms with Gasteiger partial charge >= 0.3 is 6.03 Å². The van der Waals surface area contributed by atoms with Crippen molar-refractivity contribution in [2.45, 2.75) is 12.5 Å². The average Bonchev–Trinajstić information content (AvgIpc) is 3.32. The van der Waals surface area contributed by atoms with Gasteiger partial charge in [-0.25, -0.2) is 9.78 Å². The molecule has 0 saturated carbocycles. The van der Waals surface area contributed by atoms with Crippen molar-refractivity contribution in [2.24, 2.45) is 7.05 Å². The van der Waals surface area contributed by atoms with E-state index in [1.807, 2.05) is 53.5 Å². The zero-order chi connectivity index (χ0) is 18.4. The molecule has 2 aromatic heterocycles. The van der Waals surface area contributed by atoms with Crippen molar-refractivity contribution >= 4 is 17.4 Å². The first-order chi connectivity index (χ1) is 12.7. The summed E-state index contributed by atoms with van der Waals surface area (Å²) < 4.78 is 7.12. The Morgan fingerprint density at radius 1 is 1.31 bits per heavy atom. The molecule has 0 aliphatic heterocycles. The monoisotopic (exact) mass is 370 g/mol. The van der Waals surface area contributed by atoms with Crippen LogP contribution in [-0.2, 0) is 13.5 Å². The molecule has 3 rings (SSSR count). The Bertz CT molecular complexity index is 828. The summed E-state index contributed by atoms with van der Waals surface area (Å²) in [5.41, 5.74) is 0.938. The van der Waals surface area contributed by atoms with Crippen molar-refractivity contribution in [3.05, 3.63) is 70.4 Å². The number of hydrogen-bond acceptors (Lipinski definition) is 4. The minimum atomic E-state index is -0.345. The zero-order valence-electron chi connectivity index (χ0n) is 14.8. The highest BCUT2D eigenvalue weighted by molar-refractivity contribution is 7.09. The minimum Gasteiger partial charge on any atom is -0.497 e. The van der Waals surface area contributed by atoms with Gasteiger partial charge in [0.15, 0.2) is 0 Å². The molecule has 0 radical (unpaired) electrons. The van der Waals surface area contributed by atoms with Crippen LogP contribution in [0.2, 0.25) is 0 Å². The quantitative estimate of drug-likeness (QED) is 0.671. The highest BCUT2D eigenvalue weighted by Gasteiger charge is 2.20. The number of amides is 2. The third kappa shape index (κ3) is 4.43. The number of benzene rings is 1. The first kappa shape index (κ1) is 18.0. The second kappa shape index (κ2) is 8.53. The molecule has 2 amide bonds. The Morgan fingerprint density at radius 3 is 2.73 bits per heavy atom. The molecule has 136 valence electrons. The van der Waals surface area contributed by atoms with Crippen LogP contribution in [0, 0.1) is 0 Å². The van der Waals surface area contributed by atoms with Crippen LogP contribution in [0.5, 0.6) is 5.75 Å². The maximum atomic E-state index is 12.4. The van der Waals surface area contributed by atoms with Gasteiger partial charge in [0.05, 0.1) is 7.11 Å². The fourth-order valence-electron chi connectivity index (χ4n) is 2.68. The van der Waals surface area contributed by atoms with Gasteiger partial charge in [-0.3, -0.25) is 0 Å². The van der Waals surface area contributed by atoms with Gasteiger partial charge in [-0.1, -0.05) is 18.2 Å². The summed E-state index contributed by atoms with van der Waals surface area (Å²) in [6, 6.07) is 11.1. The number of imidazole rings is 1. The van der Waals surface area contributed by atoms with Crippen LogP contribution < -0.4 is 15.4 Å². The second-order valence-electron chi connectivity index (χ2n) is 5.83. The van der Waals surface area contributed by atoms with Gasteiger partial charge in [0, 0.05) is 30.9 Å². The van der Waals surface area contributed by atoms with Crippen LogP contribution in [0.1, 0.15) is 22.3 Å². The lowest BCUT2D eigenvalue weighted by molar-refractivity contribution is 0.238. The number of nitrogens with one attached hydrogen (secondary N) is 2. The van der Waals surface area contributed by atoms with Gasteiger partial charge in [-0.2, -0.15) is 0 Å². The van der Waals surface area contributed by atoms with Crippen LogP contribution in [0.15, 0.2) is 54.2 Å².